The lowest BCUT2D eigenvalue weighted by Gasteiger charge is -2.27. The van der Waals surface area contributed by atoms with Gasteiger partial charge in [-0.15, -0.1) is 0 Å². The van der Waals surface area contributed by atoms with Crippen LogP contribution in [0.1, 0.15) is 96.8 Å². The summed E-state index contributed by atoms with van der Waals surface area (Å²) in [4.78, 5) is 42.2. The standard InChI is InChI=1S/C38H54N2O7/c1-28-15-17-29(18-16-28)14-10-13-27-44-26-12-9-8-11-24-40(35(42)46-37(2,3)4)25-23-30-19-21-32(45-36(43)47-38(5,6)7)34-31(30)20-22-33(41)39-34/h15-22H,8-14,23-27H2,1-7H3,(H,39,41). The van der Waals surface area contributed by atoms with E-state index in [1.807, 2.05) is 26.8 Å². The van der Waals surface area contributed by atoms with E-state index in [4.69, 9.17) is 18.9 Å². The number of amides is 1. The number of rotatable bonds is 16. The maximum absolute atomic E-state index is 13.1. The maximum Gasteiger partial charge on any atom is 0.514 e. The van der Waals surface area contributed by atoms with Gasteiger partial charge in [0.15, 0.2) is 5.75 Å². The average molecular weight is 651 g/mol. The predicted octanol–water partition coefficient (Wildman–Crippen LogP) is 8.53. The van der Waals surface area contributed by atoms with E-state index >= 15 is 0 Å². The summed E-state index contributed by atoms with van der Waals surface area (Å²) in [6, 6.07) is 15.4. The Bertz CT molecular complexity index is 1480. The fraction of sp³-hybridized carbons (Fsp3) is 0.553. The second kappa shape index (κ2) is 17.9. The number of carbonyl (C=O) groups is 2. The summed E-state index contributed by atoms with van der Waals surface area (Å²) < 4.78 is 22.3. The van der Waals surface area contributed by atoms with Gasteiger partial charge in [-0.3, -0.25) is 4.79 Å². The number of aromatic nitrogens is 1. The van der Waals surface area contributed by atoms with Crippen molar-refractivity contribution in [3.63, 3.8) is 0 Å². The fourth-order valence-electron chi connectivity index (χ4n) is 5.08. The number of unbranched alkanes of at least 4 members (excludes halogenated alkanes) is 4. The number of pyridine rings is 1. The van der Waals surface area contributed by atoms with Gasteiger partial charge < -0.3 is 28.8 Å². The third-order valence-electron chi connectivity index (χ3n) is 7.42. The van der Waals surface area contributed by atoms with E-state index in [0.29, 0.717) is 25.0 Å². The summed E-state index contributed by atoms with van der Waals surface area (Å²) in [5.41, 5.74) is 2.32. The molecule has 0 atom stereocenters. The first-order chi connectivity index (χ1) is 22.2. The van der Waals surface area contributed by atoms with Gasteiger partial charge in [0.05, 0.1) is 5.52 Å². The molecule has 3 rings (SSSR count). The number of hydrogen-bond acceptors (Lipinski definition) is 7. The number of aromatic amines is 1. The monoisotopic (exact) mass is 650 g/mol. The van der Waals surface area contributed by atoms with Crippen molar-refractivity contribution in [2.45, 2.75) is 111 Å². The Morgan fingerprint density at radius 1 is 0.723 bits per heavy atom. The molecule has 1 aromatic heterocycles. The van der Waals surface area contributed by atoms with Crippen molar-refractivity contribution in [2.24, 2.45) is 0 Å². The molecule has 258 valence electrons. The SMILES string of the molecule is Cc1ccc(CCCCOCCCCCCN(CCc2ccc(OC(=O)OC(C)(C)C)c3[nH]c(=O)ccc23)C(=O)OC(C)(C)C)cc1. The number of nitrogens with zero attached hydrogens (tertiary/aromatic N) is 1. The Hall–Kier alpha value is -3.85. The molecule has 1 amide bonds. The molecule has 0 aliphatic carbocycles. The smallest absolute Gasteiger partial charge is 0.444 e. The van der Waals surface area contributed by atoms with Crippen LogP contribution >= 0.6 is 0 Å². The topological polar surface area (TPSA) is 107 Å². The van der Waals surface area contributed by atoms with Crippen LogP contribution in [0.3, 0.4) is 0 Å². The normalized spacial score (nSPS) is 11.8. The summed E-state index contributed by atoms with van der Waals surface area (Å²) in [5, 5.41) is 0.727. The van der Waals surface area contributed by atoms with Crippen LogP contribution in [0.4, 0.5) is 9.59 Å². The van der Waals surface area contributed by atoms with Gasteiger partial charge in [-0.2, -0.15) is 0 Å². The van der Waals surface area contributed by atoms with E-state index in [1.165, 1.54) is 17.2 Å². The maximum atomic E-state index is 13.1. The highest BCUT2D eigenvalue weighted by Gasteiger charge is 2.23. The van der Waals surface area contributed by atoms with E-state index in [-0.39, 0.29) is 17.4 Å². The fourth-order valence-corrected chi connectivity index (χ4v) is 5.08. The Morgan fingerprint density at radius 3 is 2.06 bits per heavy atom. The van der Waals surface area contributed by atoms with Crippen molar-refractivity contribution in [3.05, 3.63) is 75.6 Å². The van der Waals surface area contributed by atoms with Gasteiger partial charge in [-0.1, -0.05) is 48.7 Å². The van der Waals surface area contributed by atoms with Crippen LogP contribution in [0, 0.1) is 6.92 Å². The summed E-state index contributed by atoms with van der Waals surface area (Å²) in [6.07, 6.45) is 6.44. The average Bonchev–Trinajstić information content (AvgIpc) is 2.97. The van der Waals surface area contributed by atoms with E-state index in [9.17, 15) is 14.4 Å². The molecule has 47 heavy (non-hydrogen) atoms. The van der Waals surface area contributed by atoms with E-state index < -0.39 is 17.4 Å². The van der Waals surface area contributed by atoms with Gasteiger partial charge >= 0.3 is 12.2 Å². The van der Waals surface area contributed by atoms with Crippen LogP contribution < -0.4 is 10.3 Å². The zero-order valence-corrected chi connectivity index (χ0v) is 29.4. The largest absolute Gasteiger partial charge is 0.514 e. The zero-order valence-electron chi connectivity index (χ0n) is 29.4. The summed E-state index contributed by atoms with van der Waals surface area (Å²) in [6.45, 7) is 15.5. The molecule has 0 aliphatic rings. The van der Waals surface area contributed by atoms with Crippen LogP contribution in [-0.2, 0) is 27.1 Å². The first-order valence-electron chi connectivity index (χ1n) is 16.9. The Kier molecular flexibility index (Phi) is 14.3. The van der Waals surface area contributed by atoms with E-state index in [0.717, 1.165) is 69.1 Å². The van der Waals surface area contributed by atoms with Crippen molar-refractivity contribution < 1.29 is 28.5 Å². The third kappa shape index (κ3) is 14.2. The van der Waals surface area contributed by atoms with Gasteiger partial charge in [-0.25, -0.2) is 9.59 Å². The molecule has 0 bridgehead atoms. The molecular formula is C38H54N2O7. The molecule has 9 heteroatoms. The molecular weight excluding hydrogens is 596 g/mol. The number of hydrogen-bond donors (Lipinski definition) is 1. The van der Waals surface area contributed by atoms with Crippen LogP contribution in [0.5, 0.6) is 5.75 Å². The quantitative estimate of drug-likeness (QED) is 0.0941. The molecule has 0 aliphatic heterocycles. The lowest BCUT2D eigenvalue weighted by molar-refractivity contribution is 0.0205. The highest BCUT2D eigenvalue weighted by atomic mass is 16.7. The first kappa shape index (κ1) is 37.6. The van der Waals surface area contributed by atoms with E-state index in [2.05, 4.69) is 36.2 Å². The van der Waals surface area contributed by atoms with E-state index in [1.54, 1.807) is 37.8 Å². The Morgan fingerprint density at radius 2 is 1.38 bits per heavy atom. The number of nitrogens with one attached hydrogen (secondary N) is 1. The van der Waals surface area contributed by atoms with Crippen molar-refractivity contribution >= 4 is 23.2 Å². The number of H-pyrrole nitrogens is 1. The predicted molar refractivity (Wildman–Crippen MR) is 186 cm³/mol. The molecule has 0 saturated heterocycles. The minimum atomic E-state index is -0.854. The number of benzene rings is 2. The Labute approximate surface area is 279 Å². The molecule has 0 spiro atoms. The molecule has 3 aromatic rings. The summed E-state index contributed by atoms with van der Waals surface area (Å²) in [5.74, 6) is 0.200. The molecule has 2 aromatic carbocycles. The molecule has 0 radical (unpaired) electrons. The van der Waals surface area contributed by atoms with Crippen molar-refractivity contribution in [3.8, 4) is 5.75 Å². The molecule has 1 heterocycles. The number of carbonyl (C=O) groups excluding carboxylic acids is 2. The first-order valence-corrected chi connectivity index (χ1v) is 16.9. The van der Waals surface area contributed by atoms with Crippen LogP contribution in [-0.4, -0.2) is 59.6 Å². The Balaban J connectivity index is 1.49. The van der Waals surface area contributed by atoms with Crippen molar-refractivity contribution in [2.75, 3.05) is 26.3 Å². The summed E-state index contributed by atoms with van der Waals surface area (Å²) >= 11 is 0. The van der Waals surface area contributed by atoms with Gasteiger partial charge in [0.2, 0.25) is 5.56 Å². The third-order valence-corrected chi connectivity index (χ3v) is 7.42. The molecule has 0 unspecified atom stereocenters. The van der Waals surface area contributed by atoms with Gasteiger partial charge in [0.25, 0.3) is 0 Å². The molecule has 0 fully saturated rings. The molecule has 9 nitrogen and oxygen atoms in total. The highest BCUT2D eigenvalue weighted by Crippen LogP contribution is 2.28. The number of fused-ring (bicyclic) bond motifs is 1. The molecule has 1 N–H and O–H groups in total. The lowest BCUT2D eigenvalue weighted by Crippen LogP contribution is -2.38. The number of aryl methyl sites for hydroxylation is 2. The van der Waals surface area contributed by atoms with Crippen molar-refractivity contribution in [1.29, 1.82) is 0 Å². The molecule has 0 saturated carbocycles. The summed E-state index contributed by atoms with van der Waals surface area (Å²) in [7, 11) is 0. The van der Waals surface area contributed by atoms with Crippen LogP contribution in [0.15, 0.2) is 53.3 Å². The number of ether oxygens (including phenoxy) is 4. The van der Waals surface area contributed by atoms with Gasteiger partial charge in [0, 0.05) is 37.8 Å². The van der Waals surface area contributed by atoms with Crippen LogP contribution in [0.25, 0.3) is 10.9 Å². The minimum absolute atomic E-state index is 0.200. The lowest BCUT2D eigenvalue weighted by atomic mass is 10.0. The second-order valence-corrected chi connectivity index (χ2v) is 14.1. The highest BCUT2D eigenvalue weighted by molar-refractivity contribution is 5.89. The van der Waals surface area contributed by atoms with Crippen LogP contribution in [0.2, 0.25) is 0 Å². The van der Waals surface area contributed by atoms with Crippen molar-refractivity contribution in [1.82, 2.24) is 9.88 Å². The minimum Gasteiger partial charge on any atom is -0.444 e. The van der Waals surface area contributed by atoms with Gasteiger partial charge in [-0.05, 0) is 110 Å². The second-order valence-electron chi connectivity index (χ2n) is 14.1. The van der Waals surface area contributed by atoms with Gasteiger partial charge in [0.1, 0.15) is 11.2 Å². The zero-order chi connectivity index (χ0) is 34.5.